The van der Waals surface area contributed by atoms with Crippen molar-refractivity contribution in [1.29, 1.82) is 0 Å². The lowest BCUT2D eigenvalue weighted by molar-refractivity contribution is -0.131. The minimum atomic E-state index is -0.735. The van der Waals surface area contributed by atoms with E-state index < -0.39 is 23.9 Å². The maximum absolute atomic E-state index is 12.3. The van der Waals surface area contributed by atoms with E-state index in [2.05, 4.69) is 21.3 Å². The van der Waals surface area contributed by atoms with Crippen LogP contribution in [0.15, 0.2) is 0 Å². The smallest absolute Gasteiger partial charge is 0.243 e. The molecule has 0 aliphatic carbocycles. The molecule has 0 aromatic heterocycles. The summed E-state index contributed by atoms with van der Waals surface area (Å²) in [5.41, 5.74) is 0. The van der Waals surface area contributed by atoms with Crippen molar-refractivity contribution in [3.05, 3.63) is 0 Å². The van der Waals surface area contributed by atoms with Crippen LogP contribution in [0, 0.1) is 0 Å². The molecular weight excluding hydrogens is 356 g/mol. The zero-order valence-electron chi connectivity index (χ0n) is 15.9. The summed E-state index contributed by atoms with van der Waals surface area (Å²) in [6.45, 7) is 4.38. The van der Waals surface area contributed by atoms with Crippen molar-refractivity contribution in [2.75, 3.05) is 25.1 Å². The summed E-state index contributed by atoms with van der Waals surface area (Å²) in [5.74, 6) is -0.344. The normalized spacial score (nSPS) is 12.6. The van der Waals surface area contributed by atoms with Gasteiger partial charge >= 0.3 is 0 Å². The van der Waals surface area contributed by atoms with Gasteiger partial charge in [-0.1, -0.05) is 26.7 Å². The summed E-state index contributed by atoms with van der Waals surface area (Å²) in [7, 11) is 0. The Hall–Kier alpha value is -1.77. The van der Waals surface area contributed by atoms with Crippen molar-refractivity contribution in [2.45, 2.75) is 58.0 Å². The Morgan fingerprint density at radius 2 is 1.73 bits per heavy atom. The molecule has 0 aromatic rings. The Morgan fingerprint density at radius 3 is 2.31 bits per heavy atom. The first-order chi connectivity index (χ1) is 12.5. The maximum Gasteiger partial charge on any atom is 0.243 e. The van der Waals surface area contributed by atoms with Gasteiger partial charge in [-0.2, -0.15) is 11.8 Å². The summed E-state index contributed by atoms with van der Waals surface area (Å²) in [4.78, 5) is 47.0. The molecule has 26 heavy (non-hydrogen) atoms. The van der Waals surface area contributed by atoms with Gasteiger partial charge in [0.2, 0.25) is 24.1 Å². The predicted molar refractivity (Wildman–Crippen MR) is 104 cm³/mol. The molecule has 4 amide bonds. The van der Waals surface area contributed by atoms with Crippen molar-refractivity contribution in [1.82, 2.24) is 21.3 Å². The topological polar surface area (TPSA) is 116 Å². The molecule has 0 aliphatic rings. The van der Waals surface area contributed by atoms with E-state index in [1.807, 2.05) is 20.1 Å². The first-order valence-corrected chi connectivity index (χ1v) is 10.4. The molecule has 0 aromatic carbocycles. The zero-order valence-corrected chi connectivity index (χ0v) is 16.7. The number of hydrogen-bond acceptors (Lipinski definition) is 5. The summed E-state index contributed by atoms with van der Waals surface area (Å²) in [6.07, 6.45) is 5.88. The van der Waals surface area contributed by atoms with E-state index in [1.54, 1.807) is 11.8 Å². The zero-order chi connectivity index (χ0) is 19.8. The van der Waals surface area contributed by atoms with Gasteiger partial charge in [-0.3, -0.25) is 19.2 Å². The van der Waals surface area contributed by atoms with Crippen LogP contribution in [0.3, 0.4) is 0 Å². The molecule has 0 bridgehead atoms. The van der Waals surface area contributed by atoms with Gasteiger partial charge in [0.1, 0.15) is 12.1 Å². The first-order valence-electron chi connectivity index (χ1n) is 9.03. The van der Waals surface area contributed by atoms with E-state index in [4.69, 9.17) is 0 Å². The second kappa shape index (κ2) is 15.5. The molecule has 2 atom stereocenters. The first kappa shape index (κ1) is 24.2. The molecule has 0 heterocycles. The van der Waals surface area contributed by atoms with Crippen LogP contribution in [0.5, 0.6) is 0 Å². The van der Waals surface area contributed by atoms with E-state index in [0.29, 0.717) is 38.0 Å². The molecule has 0 rings (SSSR count). The maximum atomic E-state index is 12.3. The van der Waals surface area contributed by atoms with Gasteiger partial charge in [0.15, 0.2) is 0 Å². The highest BCUT2D eigenvalue weighted by atomic mass is 32.2. The molecule has 0 radical (unpaired) electrons. The molecule has 150 valence electrons. The van der Waals surface area contributed by atoms with Crippen LogP contribution in [0.1, 0.15) is 46.0 Å². The molecule has 0 saturated heterocycles. The fourth-order valence-electron chi connectivity index (χ4n) is 2.20. The van der Waals surface area contributed by atoms with Gasteiger partial charge in [0, 0.05) is 6.54 Å². The molecular formula is C17H32N4O4S. The van der Waals surface area contributed by atoms with Crippen LogP contribution in [0.25, 0.3) is 0 Å². The Balaban J connectivity index is 4.58. The van der Waals surface area contributed by atoms with Crippen molar-refractivity contribution >= 4 is 35.9 Å². The second-order valence-corrected chi connectivity index (χ2v) is 6.88. The lowest BCUT2D eigenvalue weighted by Crippen LogP contribution is -2.53. The van der Waals surface area contributed by atoms with E-state index in [1.165, 1.54) is 0 Å². The molecule has 8 nitrogen and oxygen atoms in total. The number of thioether (sulfide) groups is 1. The average molecular weight is 389 g/mol. The molecule has 4 N–H and O–H groups in total. The van der Waals surface area contributed by atoms with Crippen LogP contribution >= 0.6 is 11.8 Å². The third-order valence-corrected chi connectivity index (χ3v) is 4.33. The molecule has 0 spiro atoms. The number of nitrogens with one attached hydrogen (secondary N) is 4. The lowest BCUT2D eigenvalue weighted by Gasteiger charge is -2.21. The Bertz CT molecular complexity index is 448. The fourth-order valence-corrected chi connectivity index (χ4v) is 2.67. The SMILES string of the molecule is CCCCNC(=O)CNC(=O)C(CCC)NC(=O)C(CCSC)NC=O. The molecule has 0 fully saturated rings. The average Bonchev–Trinajstić information content (AvgIpc) is 2.62. The van der Waals surface area contributed by atoms with E-state index in [-0.39, 0.29) is 12.5 Å². The van der Waals surface area contributed by atoms with Crippen LogP contribution < -0.4 is 21.3 Å². The standard InChI is InChI=1S/C17H32N4O4S/c1-4-6-9-18-15(23)11-19-16(24)14(7-5-2)21-17(25)13(20-12-22)8-10-26-3/h12-14H,4-11H2,1-3H3,(H,18,23)(H,19,24)(H,20,22)(H,21,25). The highest BCUT2D eigenvalue weighted by molar-refractivity contribution is 7.98. The van der Waals surface area contributed by atoms with Gasteiger partial charge < -0.3 is 21.3 Å². The summed E-state index contributed by atoms with van der Waals surface area (Å²) in [6, 6.07) is -1.41. The Labute approximate surface area is 160 Å². The monoisotopic (exact) mass is 388 g/mol. The lowest BCUT2D eigenvalue weighted by atomic mass is 10.1. The van der Waals surface area contributed by atoms with Crippen LogP contribution in [-0.4, -0.2) is 61.3 Å². The van der Waals surface area contributed by atoms with Crippen LogP contribution in [0.4, 0.5) is 0 Å². The number of rotatable bonds is 15. The minimum Gasteiger partial charge on any atom is -0.355 e. The van der Waals surface area contributed by atoms with Crippen LogP contribution in [-0.2, 0) is 19.2 Å². The molecule has 9 heteroatoms. The number of unbranched alkanes of at least 4 members (excludes halogenated alkanes) is 1. The van der Waals surface area contributed by atoms with Gasteiger partial charge in [-0.15, -0.1) is 0 Å². The highest BCUT2D eigenvalue weighted by Crippen LogP contribution is 2.03. The quantitative estimate of drug-likeness (QED) is 0.236. The van der Waals surface area contributed by atoms with Crippen molar-refractivity contribution in [3.8, 4) is 0 Å². The van der Waals surface area contributed by atoms with Crippen molar-refractivity contribution < 1.29 is 19.2 Å². The molecule has 0 saturated carbocycles. The summed E-state index contributed by atoms with van der Waals surface area (Å²) < 4.78 is 0. The minimum absolute atomic E-state index is 0.124. The van der Waals surface area contributed by atoms with E-state index in [0.717, 1.165) is 12.8 Å². The summed E-state index contributed by atoms with van der Waals surface area (Å²) in [5, 5.41) is 10.4. The molecule has 2 unspecified atom stereocenters. The number of amides is 4. The highest BCUT2D eigenvalue weighted by Gasteiger charge is 2.24. The number of carbonyl (C=O) groups is 4. The third-order valence-electron chi connectivity index (χ3n) is 3.68. The van der Waals surface area contributed by atoms with Crippen molar-refractivity contribution in [3.63, 3.8) is 0 Å². The molecule has 0 aliphatic heterocycles. The second-order valence-electron chi connectivity index (χ2n) is 5.89. The third kappa shape index (κ3) is 11.0. The Morgan fingerprint density at radius 1 is 1.00 bits per heavy atom. The van der Waals surface area contributed by atoms with Crippen molar-refractivity contribution in [2.24, 2.45) is 0 Å². The van der Waals surface area contributed by atoms with Gasteiger partial charge in [0.05, 0.1) is 6.54 Å². The van der Waals surface area contributed by atoms with Gasteiger partial charge in [0.25, 0.3) is 0 Å². The predicted octanol–water partition coefficient (Wildman–Crippen LogP) is 0.172. The number of carbonyl (C=O) groups excluding carboxylic acids is 4. The van der Waals surface area contributed by atoms with Crippen LogP contribution in [0.2, 0.25) is 0 Å². The summed E-state index contributed by atoms with van der Waals surface area (Å²) >= 11 is 1.57. The Kier molecular flexibility index (Phi) is 14.4. The van der Waals surface area contributed by atoms with Gasteiger partial charge in [-0.05, 0) is 31.3 Å². The van der Waals surface area contributed by atoms with Gasteiger partial charge in [-0.25, -0.2) is 0 Å². The van der Waals surface area contributed by atoms with E-state index >= 15 is 0 Å². The largest absolute Gasteiger partial charge is 0.355 e. The fraction of sp³-hybridized carbons (Fsp3) is 0.765. The van der Waals surface area contributed by atoms with E-state index in [9.17, 15) is 19.2 Å². The number of hydrogen-bond donors (Lipinski definition) is 4.